The van der Waals surface area contributed by atoms with Crippen molar-refractivity contribution in [2.24, 2.45) is 0 Å². The van der Waals surface area contributed by atoms with Crippen molar-refractivity contribution in [3.63, 3.8) is 0 Å². The minimum Gasteiger partial charge on any atom is -0.497 e. The molecule has 2 aromatic carbocycles. The summed E-state index contributed by atoms with van der Waals surface area (Å²) in [6.45, 7) is 2.53. The number of fused-ring (bicyclic) bond motifs is 3. The molecule has 0 aromatic heterocycles. The number of aliphatic hydroxyl groups is 1. The van der Waals surface area contributed by atoms with E-state index in [0.717, 1.165) is 35.3 Å². The Labute approximate surface area is 250 Å². The lowest BCUT2D eigenvalue weighted by molar-refractivity contribution is -0.126. The zero-order valence-electron chi connectivity index (χ0n) is 24.9. The van der Waals surface area contributed by atoms with Crippen molar-refractivity contribution in [1.82, 2.24) is 14.9 Å². The molecule has 3 N–H and O–H groups in total. The third-order valence-corrected chi connectivity index (χ3v) is 10.2. The predicted octanol–water partition coefficient (Wildman–Crippen LogP) is 3.14. The van der Waals surface area contributed by atoms with Gasteiger partial charge in [0.2, 0.25) is 15.9 Å². The van der Waals surface area contributed by atoms with Gasteiger partial charge in [0.15, 0.2) is 0 Å². The Morgan fingerprint density at radius 1 is 1.12 bits per heavy atom. The number of aliphatic hydroxyl groups excluding tert-OH is 1. The highest BCUT2D eigenvalue weighted by Crippen LogP contribution is 2.36. The van der Waals surface area contributed by atoms with E-state index < -0.39 is 34.1 Å². The smallest absolute Gasteiger partial charge is 0.239 e. The summed E-state index contributed by atoms with van der Waals surface area (Å²) in [5.74, 6) is 0.306. The van der Waals surface area contributed by atoms with Crippen molar-refractivity contribution >= 4 is 15.9 Å². The highest BCUT2D eigenvalue weighted by Gasteiger charge is 2.36. The minimum atomic E-state index is -3.66. The zero-order chi connectivity index (χ0) is 30.1. The second-order valence-corrected chi connectivity index (χ2v) is 13.3. The number of rotatable bonds is 9. The number of nitrogens with one attached hydrogen (secondary N) is 2. The fourth-order valence-electron chi connectivity index (χ4n) is 5.69. The Kier molecular flexibility index (Phi) is 11.6. The fourth-order valence-corrected chi connectivity index (χ4v) is 7.12. The number of ether oxygens (including phenoxy) is 2. The highest BCUT2D eigenvalue weighted by atomic mass is 32.2. The normalized spacial score (nSPS) is 26.1. The van der Waals surface area contributed by atoms with Crippen LogP contribution in [-0.2, 0) is 32.4 Å². The Hall–Kier alpha value is -2.76. The SMILES string of the molecule is CCCCCS(=O)(=O)N(C)[C@H]1C/C=C\CO[C@H]2Cc3ccc(OC)cc3[C@@H]2NC[C@@H](O)[C@H](Cc2ccccc2)NC1=O. The first kappa shape index (κ1) is 32.2. The fraction of sp³-hybridized carbons (Fsp3) is 0.531. The second kappa shape index (κ2) is 15.1. The Morgan fingerprint density at radius 2 is 1.90 bits per heavy atom. The van der Waals surface area contributed by atoms with E-state index in [4.69, 9.17) is 9.47 Å². The number of hydrogen-bond acceptors (Lipinski definition) is 7. The van der Waals surface area contributed by atoms with Gasteiger partial charge in [0.1, 0.15) is 11.8 Å². The maximum absolute atomic E-state index is 13.7. The van der Waals surface area contributed by atoms with Gasteiger partial charge >= 0.3 is 0 Å². The van der Waals surface area contributed by atoms with Crippen LogP contribution in [0.25, 0.3) is 0 Å². The van der Waals surface area contributed by atoms with Crippen molar-refractivity contribution in [3.05, 3.63) is 77.4 Å². The first-order chi connectivity index (χ1) is 20.2. The number of carbonyl (C=O) groups excluding carboxylic acids is 1. The maximum Gasteiger partial charge on any atom is 0.239 e. The molecule has 0 saturated heterocycles. The van der Waals surface area contributed by atoms with Crippen molar-refractivity contribution in [1.29, 1.82) is 0 Å². The van der Waals surface area contributed by atoms with E-state index in [0.29, 0.717) is 25.9 Å². The van der Waals surface area contributed by atoms with Crippen LogP contribution in [0.2, 0.25) is 0 Å². The average Bonchev–Trinajstić information content (AvgIpc) is 3.33. The molecule has 1 aliphatic heterocycles. The molecule has 0 radical (unpaired) electrons. The molecule has 10 heteroatoms. The maximum atomic E-state index is 13.7. The Morgan fingerprint density at radius 3 is 2.64 bits per heavy atom. The molecule has 230 valence electrons. The van der Waals surface area contributed by atoms with Gasteiger partial charge in [-0.25, -0.2) is 8.42 Å². The topological polar surface area (TPSA) is 117 Å². The number of nitrogens with zero attached hydrogens (tertiary/aromatic N) is 1. The molecule has 1 amide bonds. The quantitative estimate of drug-likeness (QED) is 0.300. The van der Waals surface area contributed by atoms with Crippen LogP contribution in [0.3, 0.4) is 0 Å². The van der Waals surface area contributed by atoms with Crippen LogP contribution in [0.15, 0.2) is 60.7 Å². The minimum absolute atomic E-state index is 0.0116. The number of unbranched alkanes of at least 4 members (excludes halogenated alkanes) is 2. The number of β-amino-alcohol motifs (C(OH)–C–C–N with tert-alkyl or cyclic N) is 1. The van der Waals surface area contributed by atoms with Gasteiger partial charge in [-0.1, -0.05) is 68.3 Å². The summed E-state index contributed by atoms with van der Waals surface area (Å²) in [4.78, 5) is 13.7. The standard InChI is InChI=1S/C32H45N3O6S/c1-4-5-11-18-42(38,39)35(2)28-14-9-10-17-41-30-20-24-15-16-25(40-3)21-26(24)31(30)33-22-29(36)27(34-32(28)37)19-23-12-7-6-8-13-23/h6-10,12-13,15-16,21,27-31,33,36H,4-5,11,14,17-20,22H2,1-3H3,(H,34,37)/b10-9-/t27-,28-,29+,30-,31-/m0/s1. The number of methoxy groups -OCH3 is 1. The molecule has 0 bridgehead atoms. The molecule has 1 heterocycles. The lowest BCUT2D eigenvalue weighted by Gasteiger charge is -2.31. The van der Waals surface area contributed by atoms with Gasteiger partial charge in [-0.2, -0.15) is 4.31 Å². The van der Waals surface area contributed by atoms with Gasteiger partial charge in [0, 0.05) is 20.0 Å². The Bertz CT molecular complexity index is 1300. The van der Waals surface area contributed by atoms with Gasteiger partial charge in [-0.05, 0) is 48.1 Å². The van der Waals surface area contributed by atoms with Crippen LogP contribution in [0.5, 0.6) is 5.75 Å². The molecule has 9 nitrogen and oxygen atoms in total. The van der Waals surface area contributed by atoms with Crippen molar-refractivity contribution in [3.8, 4) is 5.75 Å². The van der Waals surface area contributed by atoms with Crippen LogP contribution in [0.1, 0.15) is 55.3 Å². The summed E-state index contributed by atoms with van der Waals surface area (Å²) in [6.07, 6.45) is 6.09. The van der Waals surface area contributed by atoms with Crippen LogP contribution in [-0.4, -0.2) is 81.1 Å². The number of benzene rings is 2. The highest BCUT2D eigenvalue weighted by molar-refractivity contribution is 7.89. The number of amides is 1. The molecule has 4 rings (SSSR count). The third-order valence-electron chi connectivity index (χ3n) is 8.24. The molecule has 0 saturated carbocycles. The molecule has 2 aromatic rings. The molecule has 0 spiro atoms. The number of hydrogen-bond donors (Lipinski definition) is 3. The molecule has 0 fully saturated rings. The first-order valence-corrected chi connectivity index (χ1v) is 16.5. The lowest BCUT2D eigenvalue weighted by atomic mass is 9.99. The molecular weight excluding hydrogens is 554 g/mol. The second-order valence-electron chi connectivity index (χ2n) is 11.2. The molecule has 1 aliphatic carbocycles. The summed E-state index contributed by atoms with van der Waals surface area (Å²) < 4.78 is 39.3. The summed E-state index contributed by atoms with van der Waals surface area (Å²) in [5.41, 5.74) is 3.18. The van der Waals surface area contributed by atoms with E-state index in [1.54, 1.807) is 7.11 Å². The molecule has 5 atom stereocenters. The average molecular weight is 600 g/mol. The summed E-state index contributed by atoms with van der Waals surface area (Å²) in [6, 6.07) is 13.9. The van der Waals surface area contributed by atoms with E-state index in [1.165, 1.54) is 11.4 Å². The zero-order valence-corrected chi connectivity index (χ0v) is 25.7. The summed E-state index contributed by atoms with van der Waals surface area (Å²) in [7, 11) is -0.552. The van der Waals surface area contributed by atoms with Gasteiger partial charge in [-0.15, -0.1) is 0 Å². The van der Waals surface area contributed by atoms with Gasteiger partial charge in [-0.3, -0.25) is 4.79 Å². The number of likely N-dealkylation sites (N-methyl/N-ethyl adjacent to an activating group) is 1. The van der Waals surface area contributed by atoms with Crippen LogP contribution in [0.4, 0.5) is 0 Å². The predicted molar refractivity (Wildman–Crippen MR) is 164 cm³/mol. The van der Waals surface area contributed by atoms with E-state index in [2.05, 4.69) is 10.6 Å². The van der Waals surface area contributed by atoms with Crippen LogP contribution < -0.4 is 15.4 Å². The molecular formula is C32H45N3O6S. The van der Waals surface area contributed by atoms with E-state index in [1.807, 2.05) is 67.6 Å². The van der Waals surface area contributed by atoms with Crippen molar-refractivity contribution in [2.75, 3.05) is 33.1 Å². The van der Waals surface area contributed by atoms with Crippen molar-refractivity contribution < 1.29 is 27.8 Å². The van der Waals surface area contributed by atoms with Gasteiger partial charge in [0.05, 0.1) is 43.8 Å². The summed E-state index contributed by atoms with van der Waals surface area (Å²) >= 11 is 0. The van der Waals surface area contributed by atoms with Crippen LogP contribution >= 0.6 is 0 Å². The van der Waals surface area contributed by atoms with Crippen molar-refractivity contribution in [2.45, 2.75) is 75.8 Å². The van der Waals surface area contributed by atoms with E-state index in [9.17, 15) is 18.3 Å². The Balaban J connectivity index is 1.62. The van der Waals surface area contributed by atoms with Gasteiger partial charge in [0.25, 0.3) is 0 Å². The first-order valence-electron chi connectivity index (χ1n) is 14.9. The summed E-state index contributed by atoms with van der Waals surface area (Å²) in [5, 5.41) is 18.0. The molecule has 0 unspecified atom stereocenters. The lowest BCUT2D eigenvalue weighted by Crippen LogP contribution is -2.55. The molecule has 2 aliphatic rings. The molecule has 42 heavy (non-hydrogen) atoms. The third kappa shape index (κ3) is 8.20. The van der Waals surface area contributed by atoms with E-state index >= 15 is 0 Å². The van der Waals surface area contributed by atoms with E-state index in [-0.39, 0.29) is 30.9 Å². The monoisotopic (exact) mass is 599 g/mol. The van der Waals surface area contributed by atoms with Gasteiger partial charge < -0.3 is 25.2 Å². The number of carbonyl (C=O) groups is 1. The largest absolute Gasteiger partial charge is 0.497 e. The number of sulfonamides is 1. The van der Waals surface area contributed by atoms with Crippen LogP contribution in [0, 0.1) is 0 Å².